The topological polar surface area (TPSA) is 75.4 Å². The van der Waals surface area contributed by atoms with Crippen molar-refractivity contribution in [3.63, 3.8) is 0 Å². The number of hydrogen-bond acceptors (Lipinski definition) is 3. The molecule has 0 aliphatic rings. The van der Waals surface area contributed by atoms with Crippen LogP contribution in [0.3, 0.4) is 0 Å². The minimum atomic E-state index is -0.562. The number of halogens is 1. The van der Waals surface area contributed by atoms with Crippen LogP contribution >= 0.6 is 12.4 Å². The van der Waals surface area contributed by atoms with Gasteiger partial charge in [0.15, 0.2) is 0 Å². The number of carbonyl (C=O) groups is 2. The maximum Gasteiger partial charge on any atom is 0.253 e. The van der Waals surface area contributed by atoms with E-state index in [4.69, 9.17) is 5.73 Å². The van der Waals surface area contributed by atoms with Crippen molar-refractivity contribution in [1.29, 1.82) is 0 Å². The van der Waals surface area contributed by atoms with E-state index >= 15 is 0 Å². The molecule has 112 valence electrons. The molecule has 1 aromatic rings. The van der Waals surface area contributed by atoms with Gasteiger partial charge in [-0.1, -0.05) is 19.9 Å². The lowest BCUT2D eigenvalue weighted by Gasteiger charge is -2.16. The monoisotopic (exact) mass is 299 g/mol. The van der Waals surface area contributed by atoms with Crippen molar-refractivity contribution < 1.29 is 9.59 Å². The van der Waals surface area contributed by atoms with Gasteiger partial charge in [0.1, 0.15) is 0 Å². The summed E-state index contributed by atoms with van der Waals surface area (Å²) in [4.78, 5) is 25.1. The van der Waals surface area contributed by atoms with E-state index in [1.807, 2.05) is 13.8 Å². The molecule has 0 aromatic heterocycles. The van der Waals surface area contributed by atoms with Crippen molar-refractivity contribution in [3.8, 4) is 0 Å². The average Bonchev–Trinajstić information content (AvgIpc) is 2.36. The molecule has 0 fully saturated rings. The first kappa shape index (κ1) is 18.4. The molecule has 0 saturated heterocycles. The first-order chi connectivity index (χ1) is 8.82. The fourth-order valence-electron chi connectivity index (χ4n) is 1.52. The highest BCUT2D eigenvalue weighted by molar-refractivity contribution is 5.98. The first-order valence-electron chi connectivity index (χ1n) is 6.21. The van der Waals surface area contributed by atoms with Crippen LogP contribution in [0.25, 0.3) is 0 Å². The number of benzene rings is 1. The van der Waals surface area contributed by atoms with Crippen molar-refractivity contribution in [2.75, 3.05) is 19.4 Å². The molecule has 0 spiro atoms. The molecular formula is C14H22ClN3O2. The second kappa shape index (κ2) is 7.87. The minimum Gasteiger partial charge on any atom is -0.345 e. The zero-order valence-electron chi connectivity index (χ0n) is 12.2. The van der Waals surface area contributed by atoms with Crippen molar-refractivity contribution in [2.24, 2.45) is 11.7 Å². The van der Waals surface area contributed by atoms with Gasteiger partial charge in [-0.05, 0) is 24.1 Å². The van der Waals surface area contributed by atoms with E-state index < -0.39 is 6.04 Å². The third-order valence-electron chi connectivity index (χ3n) is 2.80. The van der Waals surface area contributed by atoms with Crippen LogP contribution in [0.4, 0.5) is 5.69 Å². The third kappa shape index (κ3) is 4.83. The molecule has 0 aliphatic carbocycles. The average molecular weight is 300 g/mol. The van der Waals surface area contributed by atoms with E-state index in [1.165, 1.54) is 4.90 Å². The summed E-state index contributed by atoms with van der Waals surface area (Å²) >= 11 is 0. The Morgan fingerprint density at radius 1 is 1.25 bits per heavy atom. The molecule has 1 atom stereocenters. The largest absolute Gasteiger partial charge is 0.345 e. The van der Waals surface area contributed by atoms with Crippen LogP contribution in [0, 0.1) is 5.92 Å². The van der Waals surface area contributed by atoms with Crippen LogP contribution in [-0.4, -0.2) is 36.9 Å². The molecule has 0 bridgehead atoms. The summed E-state index contributed by atoms with van der Waals surface area (Å²) in [6.45, 7) is 3.77. The van der Waals surface area contributed by atoms with Gasteiger partial charge in [0, 0.05) is 25.3 Å². The summed E-state index contributed by atoms with van der Waals surface area (Å²) in [6, 6.07) is 6.26. The van der Waals surface area contributed by atoms with E-state index in [9.17, 15) is 9.59 Å². The smallest absolute Gasteiger partial charge is 0.253 e. The standard InChI is InChI=1S/C14H21N3O2.ClH/c1-9(2)12(15)13(18)16-11-7-5-6-10(8-11)14(19)17(3)4;/h5-9,12H,15H2,1-4H3,(H,16,18);1H. The maximum absolute atomic E-state index is 11.8. The summed E-state index contributed by atoms with van der Waals surface area (Å²) in [5.41, 5.74) is 6.87. The van der Waals surface area contributed by atoms with Crippen LogP contribution in [0.2, 0.25) is 0 Å². The fraction of sp³-hybridized carbons (Fsp3) is 0.429. The Kier molecular flexibility index (Phi) is 7.24. The van der Waals surface area contributed by atoms with E-state index in [1.54, 1.807) is 38.4 Å². The number of rotatable bonds is 4. The van der Waals surface area contributed by atoms with Gasteiger partial charge in [-0.25, -0.2) is 0 Å². The second-order valence-electron chi connectivity index (χ2n) is 5.04. The summed E-state index contributed by atoms with van der Waals surface area (Å²) in [7, 11) is 3.37. The molecule has 1 rings (SSSR count). The Balaban J connectivity index is 0.00000361. The summed E-state index contributed by atoms with van der Waals surface area (Å²) in [5.74, 6) is -0.291. The lowest BCUT2D eigenvalue weighted by Crippen LogP contribution is -2.39. The molecule has 20 heavy (non-hydrogen) atoms. The lowest BCUT2D eigenvalue weighted by atomic mass is 10.0. The molecule has 6 heteroatoms. The summed E-state index contributed by atoms with van der Waals surface area (Å²) < 4.78 is 0. The number of nitrogens with two attached hydrogens (primary N) is 1. The Morgan fingerprint density at radius 3 is 2.35 bits per heavy atom. The SMILES string of the molecule is CC(C)C(N)C(=O)Nc1cccc(C(=O)N(C)C)c1.Cl. The van der Waals surface area contributed by atoms with E-state index in [0.29, 0.717) is 11.3 Å². The number of anilines is 1. The van der Waals surface area contributed by atoms with Crippen LogP contribution in [-0.2, 0) is 4.79 Å². The maximum atomic E-state index is 11.8. The number of amides is 2. The number of nitrogens with zero attached hydrogens (tertiary/aromatic N) is 1. The third-order valence-corrected chi connectivity index (χ3v) is 2.80. The van der Waals surface area contributed by atoms with Gasteiger partial charge in [0.05, 0.1) is 6.04 Å². The Labute approximate surface area is 125 Å². The highest BCUT2D eigenvalue weighted by Crippen LogP contribution is 2.13. The van der Waals surface area contributed by atoms with Crippen molar-refractivity contribution in [2.45, 2.75) is 19.9 Å². The number of carbonyl (C=O) groups excluding carboxylic acids is 2. The summed E-state index contributed by atoms with van der Waals surface area (Å²) in [5, 5.41) is 2.72. The van der Waals surface area contributed by atoms with Gasteiger partial charge >= 0.3 is 0 Å². The highest BCUT2D eigenvalue weighted by Gasteiger charge is 2.17. The Bertz CT molecular complexity index is 475. The molecule has 3 N–H and O–H groups in total. The van der Waals surface area contributed by atoms with Gasteiger partial charge in [-0.2, -0.15) is 0 Å². The molecule has 1 unspecified atom stereocenters. The number of hydrogen-bond donors (Lipinski definition) is 2. The molecule has 0 aliphatic heterocycles. The summed E-state index contributed by atoms with van der Waals surface area (Å²) in [6.07, 6.45) is 0. The first-order valence-corrected chi connectivity index (χ1v) is 6.21. The molecule has 0 radical (unpaired) electrons. The molecule has 0 heterocycles. The molecule has 2 amide bonds. The second-order valence-corrected chi connectivity index (χ2v) is 5.04. The molecule has 0 saturated carbocycles. The quantitative estimate of drug-likeness (QED) is 0.889. The van der Waals surface area contributed by atoms with E-state index in [-0.39, 0.29) is 30.1 Å². The predicted molar refractivity (Wildman–Crippen MR) is 83.2 cm³/mol. The van der Waals surface area contributed by atoms with Gasteiger partial charge in [-0.15, -0.1) is 12.4 Å². The van der Waals surface area contributed by atoms with Crippen LogP contribution in [0.1, 0.15) is 24.2 Å². The van der Waals surface area contributed by atoms with E-state index in [2.05, 4.69) is 5.32 Å². The van der Waals surface area contributed by atoms with Gasteiger partial charge in [0.2, 0.25) is 5.91 Å². The fourth-order valence-corrected chi connectivity index (χ4v) is 1.52. The molecular weight excluding hydrogens is 278 g/mol. The molecule has 1 aromatic carbocycles. The van der Waals surface area contributed by atoms with Crippen LogP contribution in [0.15, 0.2) is 24.3 Å². The normalized spacial score (nSPS) is 11.5. The Hall–Kier alpha value is -1.59. The zero-order valence-corrected chi connectivity index (χ0v) is 13.0. The van der Waals surface area contributed by atoms with Crippen LogP contribution in [0.5, 0.6) is 0 Å². The highest BCUT2D eigenvalue weighted by atomic mass is 35.5. The van der Waals surface area contributed by atoms with Crippen molar-refractivity contribution in [1.82, 2.24) is 4.90 Å². The van der Waals surface area contributed by atoms with Crippen LogP contribution < -0.4 is 11.1 Å². The lowest BCUT2D eigenvalue weighted by molar-refractivity contribution is -0.118. The molecule has 5 nitrogen and oxygen atoms in total. The van der Waals surface area contributed by atoms with Gasteiger partial charge in [0.25, 0.3) is 5.91 Å². The van der Waals surface area contributed by atoms with Gasteiger partial charge in [-0.3, -0.25) is 9.59 Å². The van der Waals surface area contributed by atoms with E-state index in [0.717, 1.165) is 0 Å². The zero-order chi connectivity index (χ0) is 14.6. The minimum absolute atomic E-state index is 0. The number of nitrogens with one attached hydrogen (secondary N) is 1. The Morgan fingerprint density at radius 2 is 1.85 bits per heavy atom. The van der Waals surface area contributed by atoms with Crippen molar-refractivity contribution >= 4 is 29.9 Å². The van der Waals surface area contributed by atoms with Gasteiger partial charge < -0.3 is 16.0 Å². The predicted octanol–water partition coefficient (Wildman–Crippen LogP) is 1.73. The van der Waals surface area contributed by atoms with Crippen molar-refractivity contribution in [3.05, 3.63) is 29.8 Å².